The fourth-order valence-corrected chi connectivity index (χ4v) is 1.56. The van der Waals surface area contributed by atoms with Crippen LogP contribution in [0.15, 0.2) is 22.9 Å². The van der Waals surface area contributed by atoms with E-state index in [1.54, 1.807) is 10.7 Å². The zero-order chi connectivity index (χ0) is 8.55. The summed E-state index contributed by atoms with van der Waals surface area (Å²) in [5, 5.41) is 4.21. The van der Waals surface area contributed by atoms with E-state index < -0.39 is 0 Å². The lowest BCUT2D eigenvalue weighted by Gasteiger charge is -1.87. The average Bonchev–Trinajstić information content (AvgIpc) is 2.44. The summed E-state index contributed by atoms with van der Waals surface area (Å²) >= 11 is 3.39. The van der Waals surface area contributed by atoms with Crippen LogP contribution >= 0.6 is 15.9 Å². The van der Waals surface area contributed by atoms with Crippen LogP contribution in [0.2, 0.25) is 0 Å². The minimum Gasteiger partial charge on any atom is -0.325 e. The van der Waals surface area contributed by atoms with Crippen molar-refractivity contribution >= 4 is 21.6 Å². The number of aromatic nitrogens is 3. The van der Waals surface area contributed by atoms with E-state index in [0.717, 1.165) is 15.8 Å². The molecule has 0 fully saturated rings. The summed E-state index contributed by atoms with van der Waals surface area (Å²) < 4.78 is 2.58. The van der Waals surface area contributed by atoms with Gasteiger partial charge in [0.05, 0.1) is 10.2 Å². The molecule has 0 aromatic carbocycles. The second-order valence-corrected chi connectivity index (χ2v) is 3.15. The van der Waals surface area contributed by atoms with Gasteiger partial charge >= 0.3 is 0 Å². The number of hydrogen-bond acceptors (Lipinski definition) is 3. The zero-order valence-corrected chi connectivity index (χ0v) is 7.82. The Kier molecular flexibility index (Phi) is 1.82. The Balaban J connectivity index is 2.78. The quantitative estimate of drug-likeness (QED) is 0.788. The Morgan fingerprint density at radius 2 is 2.42 bits per heavy atom. The molecule has 0 amide bonds. The third-order valence-electron chi connectivity index (χ3n) is 1.60. The summed E-state index contributed by atoms with van der Waals surface area (Å²) in [5.41, 5.74) is 7.11. The lowest BCUT2D eigenvalue weighted by atomic mass is 10.4. The molecule has 0 unspecified atom stereocenters. The molecule has 0 spiro atoms. The van der Waals surface area contributed by atoms with Crippen molar-refractivity contribution in [2.75, 3.05) is 0 Å². The molecule has 12 heavy (non-hydrogen) atoms. The zero-order valence-electron chi connectivity index (χ0n) is 6.24. The van der Waals surface area contributed by atoms with Gasteiger partial charge in [-0.15, -0.1) is 0 Å². The highest BCUT2D eigenvalue weighted by atomic mass is 79.9. The third kappa shape index (κ3) is 1.02. The highest BCUT2D eigenvalue weighted by Gasteiger charge is 2.07. The van der Waals surface area contributed by atoms with E-state index in [-0.39, 0.29) is 0 Å². The van der Waals surface area contributed by atoms with E-state index in [0.29, 0.717) is 6.54 Å². The molecule has 2 N–H and O–H groups in total. The second-order valence-electron chi connectivity index (χ2n) is 2.35. The first-order valence-electron chi connectivity index (χ1n) is 3.50. The van der Waals surface area contributed by atoms with Crippen molar-refractivity contribution in [2.24, 2.45) is 5.73 Å². The van der Waals surface area contributed by atoms with Crippen molar-refractivity contribution in [3.8, 4) is 0 Å². The molecule has 5 heteroatoms. The molecule has 2 aromatic rings. The molecule has 0 radical (unpaired) electrons. The third-order valence-corrected chi connectivity index (χ3v) is 2.41. The first-order chi connectivity index (χ1) is 5.83. The molecule has 0 atom stereocenters. The van der Waals surface area contributed by atoms with Gasteiger partial charge in [-0.3, -0.25) is 0 Å². The average molecular weight is 227 g/mol. The predicted octanol–water partition coefficient (Wildman–Crippen LogP) is 0.950. The van der Waals surface area contributed by atoms with Crippen LogP contribution in [0.5, 0.6) is 0 Å². The van der Waals surface area contributed by atoms with Crippen LogP contribution in [0.3, 0.4) is 0 Å². The van der Waals surface area contributed by atoms with Gasteiger partial charge in [-0.25, -0.2) is 9.50 Å². The van der Waals surface area contributed by atoms with Gasteiger partial charge in [0.2, 0.25) is 0 Å². The van der Waals surface area contributed by atoms with E-state index in [4.69, 9.17) is 5.73 Å². The number of nitrogens with two attached hydrogens (primary N) is 1. The number of fused-ring (bicyclic) bond motifs is 1. The fraction of sp³-hybridized carbons (Fsp3) is 0.143. The summed E-state index contributed by atoms with van der Waals surface area (Å²) in [5.74, 6) is 0. The number of halogens is 1. The van der Waals surface area contributed by atoms with Gasteiger partial charge in [0.1, 0.15) is 0 Å². The summed E-state index contributed by atoms with van der Waals surface area (Å²) in [7, 11) is 0. The van der Waals surface area contributed by atoms with Crippen LogP contribution in [-0.2, 0) is 6.54 Å². The molecule has 62 valence electrons. The first kappa shape index (κ1) is 7.70. The molecule has 2 rings (SSSR count). The summed E-state index contributed by atoms with van der Waals surface area (Å²) in [6.07, 6.45) is 3.56. The molecule has 4 nitrogen and oxygen atoms in total. The standard InChI is InChI=1S/C7H7BrN4/c8-6-5(4-9)11-12-3-1-2-10-7(6)12/h1-3H,4,9H2. The van der Waals surface area contributed by atoms with Crippen LogP contribution in [0, 0.1) is 0 Å². The van der Waals surface area contributed by atoms with Crippen LogP contribution in [0.4, 0.5) is 0 Å². The molecule has 0 aliphatic rings. The van der Waals surface area contributed by atoms with Gasteiger partial charge in [0, 0.05) is 18.9 Å². The SMILES string of the molecule is NCc1nn2cccnc2c1Br. The molecule has 0 aliphatic carbocycles. The van der Waals surface area contributed by atoms with Crippen LogP contribution < -0.4 is 5.73 Å². The molecule has 0 saturated carbocycles. The van der Waals surface area contributed by atoms with Gasteiger partial charge in [-0.2, -0.15) is 5.10 Å². The Labute approximate surface area is 77.5 Å². The molecular weight excluding hydrogens is 220 g/mol. The Morgan fingerprint density at radius 1 is 1.58 bits per heavy atom. The van der Waals surface area contributed by atoms with E-state index in [2.05, 4.69) is 26.0 Å². The highest BCUT2D eigenvalue weighted by molar-refractivity contribution is 9.10. The lowest BCUT2D eigenvalue weighted by molar-refractivity contribution is 0.874. The van der Waals surface area contributed by atoms with Crippen LogP contribution in [-0.4, -0.2) is 14.6 Å². The van der Waals surface area contributed by atoms with E-state index in [9.17, 15) is 0 Å². The maximum Gasteiger partial charge on any atom is 0.169 e. The van der Waals surface area contributed by atoms with Gasteiger partial charge in [-0.1, -0.05) is 0 Å². The molecule has 0 saturated heterocycles. The second kappa shape index (κ2) is 2.84. The monoisotopic (exact) mass is 226 g/mol. The van der Waals surface area contributed by atoms with Crippen molar-refractivity contribution in [1.82, 2.24) is 14.6 Å². The summed E-state index contributed by atoms with van der Waals surface area (Å²) in [4.78, 5) is 4.15. The Morgan fingerprint density at radius 3 is 3.08 bits per heavy atom. The van der Waals surface area contributed by atoms with Gasteiger partial charge in [0.15, 0.2) is 5.65 Å². The maximum atomic E-state index is 5.48. The van der Waals surface area contributed by atoms with E-state index in [1.807, 2.05) is 12.3 Å². The van der Waals surface area contributed by atoms with Crippen molar-refractivity contribution < 1.29 is 0 Å². The van der Waals surface area contributed by atoms with Crippen molar-refractivity contribution in [3.05, 3.63) is 28.6 Å². The maximum absolute atomic E-state index is 5.48. The minimum atomic E-state index is 0.421. The summed E-state index contributed by atoms with van der Waals surface area (Å²) in [6.45, 7) is 0.421. The van der Waals surface area contributed by atoms with Crippen molar-refractivity contribution in [2.45, 2.75) is 6.54 Å². The molecule has 2 heterocycles. The van der Waals surface area contributed by atoms with Crippen molar-refractivity contribution in [3.63, 3.8) is 0 Å². The largest absolute Gasteiger partial charge is 0.325 e. The predicted molar refractivity (Wildman–Crippen MR) is 48.6 cm³/mol. The number of nitrogens with zero attached hydrogens (tertiary/aromatic N) is 3. The van der Waals surface area contributed by atoms with Gasteiger partial charge in [-0.05, 0) is 22.0 Å². The smallest absolute Gasteiger partial charge is 0.169 e. The Bertz CT molecular complexity index is 409. The van der Waals surface area contributed by atoms with Crippen LogP contribution in [0.1, 0.15) is 5.69 Å². The van der Waals surface area contributed by atoms with Crippen molar-refractivity contribution in [1.29, 1.82) is 0 Å². The fourth-order valence-electron chi connectivity index (χ4n) is 1.03. The molecular formula is C7H7BrN4. The molecule has 2 aromatic heterocycles. The lowest BCUT2D eigenvalue weighted by Crippen LogP contribution is -1.97. The molecule has 0 bridgehead atoms. The normalized spacial score (nSPS) is 10.8. The van der Waals surface area contributed by atoms with E-state index in [1.165, 1.54) is 0 Å². The first-order valence-corrected chi connectivity index (χ1v) is 4.30. The van der Waals surface area contributed by atoms with Gasteiger partial charge in [0.25, 0.3) is 0 Å². The van der Waals surface area contributed by atoms with Gasteiger partial charge < -0.3 is 5.73 Å². The van der Waals surface area contributed by atoms with E-state index >= 15 is 0 Å². The number of rotatable bonds is 1. The Hall–Kier alpha value is -0.940. The molecule has 0 aliphatic heterocycles. The summed E-state index contributed by atoms with van der Waals surface area (Å²) in [6, 6.07) is 1.83. The number of hydrogen-bond donors (Lipinski definition) is 1. The minimum absolute atomic E-state index is 0.421. The topological polar surface area (TPSA) is 56.2 Å². The van der Waals surface area contributed by atoms with Crippen LogP contribution in [0.25, 0.3) is 5.65 Å². The highest BCUT2D eigenvalue weighted by Crippen LogP contribution is 2.19.